The maximum Gasteiger partial charge on any atom is 0.346 e. The van der Waals surface area contributed by atoms with Crippen molar-refractivity contribution in [2.45, 2.75) is 33.5 Å². The van der Waals surface area contributed by atoms with Gasteiger partial charge in [0.25, 0.3) is 11.5 Å². The van der Waals surface area contributed by atoms with E-state index >= 15 is 0 Å². The van der Waals surface area contributed by atoms with E-state index in [2.05, 4.69) is 0 Å². The Morgan fingerprint density at radius 1 is 1.35 bits per heavy atom. The molecule has 7 nitrogen and oxygen atoms in total. The third kappa shape index (κ3) is 1.95. The van der Waals surface area contributed by atoms with Crippen LogP contribution in [0, 0.1) is 15.5 Å². The van der Waals surface area contributed by atoms with Crippen LogP contribution in [0.2, 0.25) is 0 Å². The lowest BCUT2D eigenvalue weighted by atomic mass is 9.87. The van der Waals surface area contributed by atoms with Crippen LogP contribution in [0.25, 0.3) is 0 Å². The third-order valence-electron chi connectivity index (χ3n) is 3.47. The van der Waals surface area contributed by atoms with Crippen LogP contribution in [-0.2, 0) is 0 Å². The Bertz CT molecular complexity index is 604. The topological polar surface area (TPSA) is 98.9 Å². The molecule has 1 aromatic rings. The van der Waals surface area contributed by atoms with E-state index in [0.717, 1.165) is 6.07 Å². The maximum atomic E-state index is 11.3. The lowest BCUT2D eigenvalue weighted by molar-refractivity contribution is -0.385. The molecule has 0 bridgehead atoms. The number of rotatable bonds is 2. The van der Waals surface area contributed by atoms with E-state index in [1.54, 1.807) is 6.92 Å². The molecule has 1 aliphatic rings. The summed E-state index contributed by atoms with van der Waals surface area (Å²) in [6.07, 6.45) is 0. The summed E-state index contributed by atoms with van der Waals surface area (Å²) >= 11 is 0. The summed E-state index contributed by atoms with van der Waals surface area (Å²) in [5.41, 5.74) is -1.45. The highest BCUT2D eigenvalue weighted by Gasteiger charge is 2.49. The molecule has 0 saturated carbocycles. The van der Waals surface area contributed by atoms with Gasteiger partial charge in [-0.2, -0.15) is 0 Å². The van der Waals surface area contributed by atoms with Crippen LogP contribution in [0.1, 0.15) is 38.1 Å². The summed E-state index contributed by atoms with van der Waals surface area (Å²) in [6.45, 7) is 7.28. The number of carboxylic acids is 1. The molecule has 1 aliphatic heterocycles. The van der Waals surface area contributed by atoms with Crippen LogP contribution in [0.4, 0.5) is 5.69 Å². The Morgan fingerprint density at radius 3 is 2.40 bits per heavy atom. The van der Waals surface area contributed by atoms with E-state index in [1.807, 2.05) is 20.8 Å². The molecule has 1 heterocycles. The maximum absolute atomic E-state index is 11.3. The van der Waals surface area contributed by atoms with Crippen molar-refractivity contribution in [2.24, 2.45) is 5.41 Å². The predicted molar refractivity (Wildman–Crippen MR) is 69.2 cm³/mol. The van der Waals surface area contributed by atoms with E-state index in [4.69, 9.17) is 9.47 Å². The van der Waals surface area contributed by atoms with Gasteiger partial charge in [0.05, 0.1) is 4.92 Å². The minimum absolute atomic E-state index is 0.0934. The number of nitrogens with zero attached hydrogens (tertiary/aromatic N) is 1. The second-order valence-electron chi connectivity index (χ2n) is 5.75. The zero-order chi connectivity index (χ0) is 15.3. The van der Waals surface area contributed by atoms with Gasteiger partial charge in [0.1, 0.15) is 0 Å². The van der Waals surface area contributed by atoms with Gasteiger partial charge in [-0.1, -0.05) is 20.8 Å². The second-order valence-corrected chi connectivity index (χ2v) is 5.75. The first-order chi connectivity index (χ1) is 9.07. The van der Waals surface area contributed by atoms with Gasteiger partial charge in [0.2, 0.25) is 0 Å². The van der Waals surface area contributed by atoms with Crippen molar-refractivity contribution in [1.82, 2.24) is 0 Å². The van der Waals surface area contributed by atoms with Gasteiger partial charge in [-0.25, -0.2) is 4.79 Å². The molecule has 1 atom stereocenters. The lowest BCUT2D eigenvalue weighted by Crippen LogP contribution is -2.47. The standard InChI is InChI=1S/C13H15NO6/c1-12(2,3)13(4)19-8-6-5-7(14(17)18)9(11(15)16)10(8)20-13/h5-6H,1-4H3,(H,15,16)/t13-/m0/s1. The Labute approximate surface area is 115 Å². The average molecular weight is 281 g/mol. The average Bonchev–Trinajstić information content (AvgIpc) is 2.63. The van der Waals surface area contributed by atoms with Crippen molar-refractivity contribution >= 4 is 11.7 Å². The lowest BCUT2D eigenvalue weighted by Gasteiger charge is -2.35. The summed E-state index contributed by atoms with van der Waals surface area (Å²) in [4.78, 5) is 21.5. The molecule has 108 valence electrons. The fourth-order valence-corrected chi connectivity index (χ4v) is 1.83. The predicted octanol–water partition coefficient (Wildman–Crippen LogP) is 2.83. The largest absolute Gasteiger partial charge is 0.477 e. The number of fused-ring (bicyclic) bond motifs is 1. The number of hydrogen-bond donors (Lipinski definition) is 1. The SMILES string of the molecule is CC(C)(C)[C@@]1(C)Oc2ccc([N+](=O)[O-])c(C(=O)O)c2O1. The van der Waals surface area contributed by atoms with E-state index < -0.39 is 33.3 Å². The van der Waals surface area contributed by atoms with Gasteiger partial charge >= 0.3 is 5.97 Å². The summed E-state index contributed by atoms with van der Waals surface area (Å²) in [5, 5.41) is 20.1. The molecule has 2 rings (SSSR count). The number of carboxylic acid groups (broad SMARTS) is 1. The van der Waals surface area contributed by atoms with Crippen LogP contribution in [0.3, 0.4) is 0 Å². The molecule has 0 saturated heterocycles. The van der Waals surface area contributed by atoms with Crippen molar-refractivity contribution in [3.05, 3.63) is 27.8 Å². The summed E-state index contributed by atoms with van der Waals surface area (Å²) in [5.74, 6) is -2.40. The van der Waals surface area contributed by atoms with E-state index in [9.17, 15) is 20.0 Å². The molecule has 7 heteroatoms. The van der Waals surface area contributed by atoms with E-state index in [0.29, 0.717) is 0 Å². The second kappa shape index (κ2) is 4.09. The molecule has 0 spiro atoms. The molecule has 1 aromatic carbocycles. The molecular formula is C13H15NO6. The molecule has 0 amide bonds. The van der Waals surface area contributed by atoms with Crippen LogP contribution in [0.15, 0.2) is 12.1 Å². The molecule has 1 N–H and O–H groups in total. The number of ether oxygens (including phenoxy) is 2. The summed E-state index contributed by atoms with van der Waals surface area (Å²) in [7, 11) is 0. The number of nitro benzene ring substituents is 1. The minimum Gasteiger partial charge on any atom is -0.477 e. The van der Waals surface area contributed by atoms with E-state index in [1.165, 1.54) is 6.07 Å². The third-order valence-corrected chi connectivity index (χ3v) is 3.47. The van der Waals surface area contributed by atoms with Crippen molar-refractivity contribution in [3.63, 3.8) is 0 Å². The summed E-state index contributed by atoms with van der Waals surface area (Å²) in [6, 6.07) is 2.47. The summed E-state index contributed by atoms with van der Waals surface area (Å²) < 4.78 is 11.3. The van der Waals surface area contributed by atoms with Crippen molar-refractivity contribution in [3.8, 4) is 11.5 Å². The van der Waals surface area contributed by atoms with Crippen LogP contribution in [0.5, 0.6) is 11.5 Å². The quantitative estimate of drug-likeness (QED) is 0.661. The van der Waals surface area contributed by atoms with Crippen LogP contribution in [-0.4, -0.2) is 21.8 Å². The van der Waals surface area contributed by atoms with Gasteiger partial charge in [0.15, 0.2) is 17.1 Å². The highest BCUT2D eigenvalue weighted by molar-refractivity contribution is 5.97. The fraction of sp³-hybridized carbons (Fsp3) is 0.462. The molecule has 0 aromatic heterocycles. The van der Waals surface area contributed by atoms with Crippen molar-refractivity contribution in [2.75, 3.05) is 0 Å². The van der Waals surface area contributed by atoms with Gasteiger partial charge in [-0.15, -0.1) is 0 Å². The number of hydrogen-bond acceptors (Lipinski definition) is 5. The number of nitro groups is 1. The first kappa shape index (κ1) is 14.1. The van der Waals surface area contributed by atoms with Gasteiger partial charge in [-0.3, -0.25) is 10.1 Å². The number of carbonyl (C=O) groups is 1. The molecule has 0 unspecified atom stereocenters. The first-order valence-electron chi connectivity index (χ1n) is 5.99. The van der Waals surface area contributed by atoms with E-state index in [-0.39, 0.29) is 11.5 Å². The Kier molecular flexibility index (Phi) is 2.89. The fourth-order valence-electron chi connectivity index (χ4n) is 1.83. The van der Waals surface area contributed by atoms with Crippen molar-refractivity contribution in [1.29, 1.82) is 0 Å². The highest BCUT2D eigenvalue weighted by atomic mass is 16.7. The molecule has 0 aliphatic carbocycles. The first-order valence-corrected chi connectivity index (χ1v) is 5.99. The number of aromatic carboxylic acids is 1. The Hall–Kier alpha value is -2.31. The van der Waals surface area contributed by atoms with Crippen LogP contribution < -0.4 is 9.47 Å². The highest BCUT2D eigenvalue weighted by Crippen LogP contribution is 2.50. The number of benzene rings is 1. The molecule has 0 radical (unpaired) electrons. The molecular weight excluding hydrogens is 266 g/mol. The van der Waals surface area contributed by atoms with Gasteiger partial charge < -0.3 is 14.6 Å². The smallest absolute Gasteiger partial charge is 0.346 e. The Balaban J connectivity index is 2.61. The Morgan fingerprint density at radius 2 is 1.95 bits per heavy atom. The molecule has 0 fully saturated rings. The van der Waals surface area contributed by atoms with Crippen molar-refractivity contribution < 1.29 is 24.3 Å². The zero-order valence-corrected chi connectivity index (χ0v) is 11.6. The molecule has 20 heavy (non-hydrogen) atoms. The minimum atomic E-state index is -1.42. The van der Waals surface area contributed by atoms with Gasteiger partial charge in [-0.05, 0) is 6.07 Å². The van der Waals surface area contributed by atoms with Crippen LogP contribution >= 0.6 is 0 Å². The monoisotopic (exact) mass is 281 g/mol. The normalized spacial score (nSPS) is 20.8. The zero-order valence-electron chi connectivity index (χ0n) is 11.6. The van der Waals surface area contributed by atoms with Gasteiger partial charge in [0, 0.05) is 18.4 Å².